The van der Waals surface area contributed by atoms with Gasteiger partial charge in [-0.05, 0) is 6.07 Å². The minimum atomic E-state index is -4.93. The summed E-state index contributed by atoms with van der Waals surface area (Å²) in [5, 5.41) is 4.51. The third-order valence-electron chi connectivity index (χ3n) is 3.55. The fourth-order valence-corrected chi connectivity index (χ4v) is 2.38. The van der Waals surface area contributed by atoms with Crippen LogP contribution in [-0.2, 0) is 6.54 Å². The molecule has 3 aromatic rings. The second-order valence-electron chi connectivity index (χ2n) is 5.33. The molecule has 0 aliphatic rings. The fourth-order valence-electron chi connectivity index (χ4n) is 2.38. The summed E-state index contributed by atoms with van der Waals surface area (Å²) in [5.74, 6) is -9.54. The molecule has 0 unspecified atom stereocenters. The second-order valence-corrected chi connectivity index (χ2v) is 5.33. The molecule has 1 aromatic heterocycles. The summed E-state index contributed by atoms with van der Waals surface area (Å²) in [7, 11) is 0. The lowest BCUT2D eigenvalue weighted by Gasteiger charge is -2.14. The monoisotopic (exact) mass is 378 g/mol. The Kier molecular flexibility index (Phi) is 4.51. The van der Waals surface area contributed by atoms with Gasteiger partial charge in [0.2, 0.25) is 11.6 Å². The van der Waals surface area contributed by atoms with Gasteiger partial charge in [-0.25, -0.2) is 8.78 Å². The highest BCUT2D eigenvalue weighted by Gasteiger charge is 2.32. The highest BCUT2D eigenvalue weighted by molar-refractivity contribution is 5.78. The third kappa shape index (κ3) is 3.31. The van der Waals surface area contributed by atoms with E-state index in [9.17, 15) is 30.7 Å². The smallest absolute Gasteiger partial charge is 0.422 e. The number of fused-ring (bicyclic) bond motifs is 1. The van der Waals surface area contributed by atoms with Crippen molar-refractivity contribution in [3.63, 3.8) is 0 Å². The van der Waals surface area contributed by atoms with Crippen LogP contribution >= 0.6 is 0 Å². The van der Waals surface area contributed by atoms with Gasteiger partial charge >= 0.3 is 6.18 Å². The van der Waals surface area contributed by atoms with E-state index in [1.807, 2.05) is 0 Å². The van der Waals surface area contributed by atoms with E-state index in [1.54, 1.807) is 24.3 Å². The molecule has 10 heteroatoms. The summed E-state index contributed by atoms with van der Waals surface area (Å²) in [6.07, 6.45) is -3.54. The predicted octanol–water partition coefficient (Wildman–Crippen LogP) is 4.58. The fraction of sp³-hybridized carbons (Fsp3) is 0.188. The molecule has 0 spiro atoms. The van der Waals surface area contributed by atoms with E-state index >= 15 is 0 Å². The first-order chi connectivity index (χ1) is 12.2. The maximum absolute atomic E-state index is 14.1. The topological polar surface area (TPSA) is 27.1 Å². The van der Waals surface area contributed by atoms with Crippen LogP contribution in [0.5, 0.6) is 5.75 Å². The van der Waals surface area contributed by atoms with Crippen LogP contribution in [0, 0.1) is 23.3 Å². The number of hydrogen-bond acceptors (Lipinski definition) is 2. The van der Waals surface area contributed by atoms with Crippen LogP contribution in [0.15, 0.2) is 30.5 Å². The number of hydrogen-bond donors (Lipinski definition) is 0. The van der Waals surface area contributed by atoms with Crippen molar-refractivity contribution in [1.29, 1.82) is 0 Å². The zero-order valence-electron chi connectivity index (χ0n) is 12.7. The molecule has 0 fully saturated rings. The van der Waals surface area contributed by atoms with Gasteiger partial charge in [0.1, 0.15) is 0 Å². The second kappa shape index (κ2) is 6.50. The Morgan fingerprint density at radius 1 is 0.923 bits per heavy atom. The molecule has 138 valence electrons. The van der Waals surface area contributed by atoms with E-state index in [2.05, 4.69) is 9.84 Å². The lowest BCUT2D eigenvalue weighted by Crippen LogP contribution is -2.21. The Balaban J connectivity index is 2.01. The first-order valence-corrected chi connectivity index (χ1v) is 7.14. The molecule has 0 saturated carbocycles. The molecule has 2 aromatic carbocycles. The van der Waals surface area contributed by atoms with E-state index in [0.29, 0.717) is 10.9 Å². The molecule has 0 aliphatic heterocycles. The molecule has 3 rings (SSSR count). The highest BCUT2D eigenvalue weighted by atomic mass is 19.4. The predicted molar refractivity (Wildman–Crippen MR) is 76.7 cm³/mol. The number of rotatable bonds is 4. The average Bonchev–Trinajstić information content (AvgIpc) is 2.99. The van der Waals surface area contributed by atoms with Gasteiger partial charge in [0.15, 0.2) is 24.0 Å². The first-order valence-electron chi connectivity index (χ1n) is 7.14. The van der Waals surface area contributed by atoms with Gasteiger partial charge in [0.05, 0.1) is 23.8 Å². The Labute approximate surface area is 141 Å². The Bertz CT molecular complexity index is 936. The summed E-state index contributed by atoms with van der Waals surface area (Å²) in [4.78, 5) is 0. The number of alkyl halides is 3. The molecule has 0 atom stereocenters. The molecule has 0 N–H and O–H groups in total. The van der Waals surface area contributed by atoms with Crippen molar-refractivity contribution in [2.75, 3.05) is 6.61 Å². The molecular formula is C16H9F7N2O. The van der Waals surface area contributed by atoms with Gasteiger partial charge in [-0.1, -0.05) is 18.2 Å². The summed E-state index contributed by atoms with van der Waals surface area (Å²) in [5.41, 5.74) is -0.572. The lowest BCUT2D eigenvalue weighted by atomic mass is 10.1. The quantitative estimate of drug-likeness (QED) is 0.491. The number of nitrogens with zero attached hydrogens (tertiary/aromatic N) is 2. The number of benzene rings is 2. The molecule has 0 saturated heterocycles. The third-order valence-corrected chi connectivity index (χ3v) is 3.55. The maximum Gasteiger partial charge on any atom is 0.422 e. The van der Waals surface area contributed by atoms with Crippen LogP contribution in [0.2, 0.25) is 0 Å². The van der Waals surface area contributed by atoms with Gasteiger partial charge in [0.25, 0.3) is 0 Å². The van der Waals surface area contributed by atoms with Crippen LogP contribution in [0.1, 0.15) is 5.56 Å². The van der Waals surface area contributed by atoms with Crippen LogP contribution in [0.25, 0.3) is 10.9 Å². The summed E-state index contributed by atoms with van der Waals surface area (Å²) >= 11 is 0. The zero-order chi connectivity index (χ0) is 19.1. The molecule has 0 bridgehead atoms. The van der Waals surface area contributed by atoms with Crippen molar-refractivity contribution in [3.05, 3.63) is 59.3 Å². The Hall–Kier alpha value is -2.78. The van der Waals surface area contributed by atoms with Crippen molar-refractivity contribution in [3.8, 4) is 5.75 Å². The molecule has 0 radical (unpaired) electrons. The normalized spacial score (nSPS) is 12.0. The lowest BCUT2D eigenvalue weighted by molar-refractivity contribution is -0.154. The average molecular weight is 378 g/mol. The minimum Gasteiger partial charge on any atom is -0.478 e. The van der Waals surface area contributed by atoms with Crippen LogP contribution < -0.4 is 4.74 Å². The van der Waals surface area contributed by atoms with Crippen molar-refractivity contribution < 1.29 is 35.5 Å². The van der Waals surface area contributed by atoms with Crippen LogP contribution in [0.4, 0.5) is 30.7 Å². The number of halogens is 7. The van der Waals surface area contributed by atoms with Gasteiger partial charge in [0, 0.05) is 5.39 Å². The van der Waals surface area contributed by atoms with Gasteiger partial charge < -0.3 is 4.74 Å². The highest BCUT2D eigenvalue weighted by Crippen LogP contribution is 2.32. The maximum atomic E-state index is 14.1. The van der Waals surface area contributed by atoms with E-state index in [1.165, 1.54) is 6.20 Å². The van der Waals surface area contributed by atoms with Crippen LogP contribution in [-0.4, -0.2) is 22.6 Å². The van der Waals surface area contributed by atoms with E-state index in [4.69, 9.17) is 0 Å². The van der Waals surface area contributed by atoms with E-state index in [-0.39, 0.29) is 0 Å². The number of para-hydroxylation sites is 1. The number of aromatic nitrogens is 2. The molecular weight excluding hydrogens is 369 g/mol. The van der Waals surface area contributed by atoms with E-state index in [0.717, 1.165) is 4.68 Å². The van der Waals surface area contributed by atoms with E-state index < -0.39 is 53.9 Å². The standard InChI is InChI=1S/C16H9F7N2O/c17-11-9(6-25-10-4-2-1-3-8(10)5-24-25)12(18)14(20)15(13(11)19)26-7-16(21,22)23/h1-5H,6-7H2. The summed E-state index contributed by atoms with van der Waals surface area (Å²) in [6.45, 7) is -2.76. The number of ether oxygens (including phenoxy) is 1. The SMILES string of the molecule is Fc1c(F)c(OCC(F)(F)F)c(F)c(F)c1Cn1ncc2ccccc21. The zero-order valence-corrected chi connectivity index (χ0v) is 12.7. The first kappa shape index (κ1) is 18.0. The summed E-state index contributed by atoms with van der Waals surface area (Å²) < 4.78 is 97.4. The molecule has 0 amide bonds. The molecule has 0 aliphatic carbocycles. The van der Waals surface area contributed by atoms with Crippen molar-refractivity contribution in [1.82, 2.24) is 9.78 Å². The van der Waals surface area contributed by atoms with Gasteiger partial charge in [-0.15, -0.1) is 0 Å². The molecule has 3 nitrogen and oxygen atoms in total. The van der Waals surface area contributed by atoms with Crippen LogP contribution in [0.3, 0.4) is 0 Å². The minimum absolute atomic E-state index is 0.449. The van der Waals surface area contributed by atoms with Crippen molar-refractivity contribution in [2.45, 2.75) is 12.7 Å². The van der Waals surface area contributed by atoms with Gasteiger partial charge in [-0.3, -0.25) is 4.68 Å². The largest absolute Gasteiger partial charge is 0.478 e. The van der Waals surface area contributed by atoms with Crippen molar-refractivity contribution in [2.24, 2.45) is 0 Å². The Morgan fingerprint density at radius 3 is 2.15 bits per heavy atom. The molecule has 1 heterocycles. The Morgan fingerprint density at radius 2 is 1.54 bits per heavy atom. The molecule has 26 heavy (non-hydrogen) atoms. The summed E-state index contributed by atoms with van der Waals surface area (Å²) in [6, 6.07) is 6.57. The van der Waals surface area contributed by atoms with Crippen molar-refractivity contribution >= 4 is 10.9 Å². The van der Waals surface area contributed by atoms with Gasteiger partial charge in [-0.2, -0.15) is 27.1 Å².